The Morgan fingerprint density at radius 2 is 1.65 bits per heavy atom. The molecule has 0 saturated heterocycles. The summed E-state index contributed by atoms with van der Waals surface area (Å²) in [6.07, 6.45) is 0. The Morgan fingerprint density at radius 3 is 2.17 bits per heavy atom. The van der Waals surface area contributed by atoms with Crippen molar-refractivity contribution in [2.45, 2.75) is 5.92 Å². The van der Waals surface area contributed by atoms with Crippen molar-refractivity contribution in [3.05, 3.63) is 53.6 Å². The summed E-state index contributed by atoms with van der Waals surface area (Å²) < 4.78 is 48.5. The van der Waals surface area contributed by atoms with Crippen molar-refractivity contribution < 1.29 is 27.4 Å². The first-order valence-electron chi connectivity index (χ1n) is 6.57. The van der Waals surface area contributed by atoms with Gasteiger partial charge in [0.1, 0.15) is 17.1 Å². The molecule has 0 N–H and O–H groups in total. The molecule has 0 aliphatic carbocycles. The lowest BCUT2D eigenvalue weighted by molar-refractivity contribution is -0.0360. The quantitative estimate of drug-likeness (QED) is 0.613. The monoisotopic (exact) mass is 342 g/mol. The van der Waals surface area contributed by atoms with E-state index in [0.29, 0.717) is 5.56 Å². The largest absolute Gasteiger partial charge is 0.496 e. The second-order valence-electron chi connectivity index (χ2n) is 4.54. The number of hydrogen-bond acceptors (Lipinski definition) is 3. The van der Waals surface area contributed by atoms with E-state index in [2.05, 4.69) is 0 Å². The zero-order chi connectivity index (χ0) is 17.0. The van der Waals surface area contributed by atoms with E-state index < -0.39 is 20.3 Å². The van der Waals surface area contributed by atoms with Crippen molar-refractivity contribution >= 4 is 19.7 Å². The van der Waals surface area contributed by atoms with Crippen LogP contribution in [0.4, 0.5) is 13.2 Å². The molecule has 0 spiro atoms. The zero-order valence-corrected chi connectivity index (χ0v) is 13.4. The van der Waals surface area contributed by atoms with Crippen molar-refractivity contribution in [1.82, 2.24) is 0 Å². The van der Waals surface area contributed by atoms with Crippen LogP contribution in [-0.4, -0.2) is 25.9 Å². The highest BCUT2D eigenvalue weighted by molar-refractivity contribution is 7.48. The number of rotatable bonds is 5. The average Bonchev–Trinajstić information content (AvgIpc) is 2.53. The topological polar surface area (TPSA) is 35.5 Å². The van der Waals surface area contributed by atoms with Crippen LogP contribution in [0.3, 0.4) is 0 Å². The van der Waals surface area contributed by atoms with Crippen LogP contribution in [0.25, 0.3) is 0 Å². The van der Waals surface area contributed by atoms with E-state index >= 15 is 0 Å². The minimum absolute atomic E-state index is 0.00421. The smallest absolute Gasteiger partial charge is 0.406 e. The number of halogens is 3. The van der Waals surface area contributed by atoms with Crippen molar-refractivity contribution in [3.8, 4) is 11.5 Å². The molecule has 2 aromatic carbocycles. The maximum Gasteiger partial charge on any atom is 0.406 e. The van der Waals surface area contributed by atoms with E-state index in [1.165, 1.54) is 26.4 Å². The minimum Gasteiger partial charge on any atom is -0.496 e. The average molecular weight is 342 g/mol. The Kier molecular flexibility index (Phi) is 5.26. The number of hydrogen-bond donors (Lipinski definition) is 0. The molecular weight excluding hydrogens is 328 g/mol. The molecular formula is C16H14F3O3P. The van der Waals surface area contributed by atoms with Gasteiger partial charge in [-0.2, -0.15) is 13.2 Å². The second-order valence-corrected chi connectivity index (χ2v) is 5.90. The summed E-state index contributed by atoms with van der Waals surface area (Å²) in [5.41, 5.74) is 0.340. The van der Waals surface area contributed by atoms with E-state index in [4.69, 9.17) is 9.47 Å². The summed E-state index contributed by atoms with van der Waals surface area (Å²) >= 11 is 0. The fourth-order valence-corrected chi connectivity index (χ4v) is 2.96. The normalized spacial score (nSPS) is 11.7. The predicted octanol–water partition coefficient (Wildman–Crippen LogP) is 3.76. The Morgan fingerprint density at radius 1 is 1.00 bits per heavy atom. The van der Waals surface area contributed by atoms with Crippen molar-refractivity contribution in [3.63, 3.8) is 0 Å². The fraction of sp³-hybridized carbons (Fsp3) is 0.188. The van der Waals surface area contributed by atoms with Gasteiger partial charge in [-0.15, -0.1) is 0 Å². The molecule has 0 aromatic heterocycles. The lowest BCUT2D eigenvalue weighted by atomic mass is 10.0. The van der Waals surface area contributed by atoms with Crippen LogP contribution in [0, 0.1) is 0 Å². The highest BCUT2D eigenvalue weighted by Gasteiger charge is 2.32. The first-order chi connectivity index (χ1) is 10.9. The van der Waals surface area contributed by atoms with Gasteiger partial charge in [0.2, 0.25) is 5.78 Å². The molecule has 2 rings (SSSR count). The number of carbonyl (C=O) groups excluding carboxylic acids is 1. The predicted molar refractivity (Wildman–Crippen MR) is 83.4 cm³/mol. The van der Waals surface area contributed by atoms with E-state index in [1.54, 1.807) is 30.3 Å². The number of carbonyl (C=O) groups is 1. The molecule has 1 unspecified atom stereocenters. The molecule has 0 bridgehead atoms. The first kappa shape index (κ1) is 17.3. The van der Waals surface area contributed by atoms with E-state index in [0.717, 1.165) is 0 Å². The number of ether oxygens (including phenoxy) is 2. The van der Waals surface area contributed by atoms with Gasteiger partial charge in [0.15, 0.2) is 0 Å². The number of methoxy groups -OCH3 is 2. The highest BCUT2D eigenvalue weighted by Crippen LogP contribution is 2.41. The van der Waals surface area contributed by atoms with Crippen LogP contribution in [0.15, 0.2) is 42.5 Å². The molecule has 2 aromatic rings. The lowest BCUT2D eigenvalue weighted by Gasteiger charge is -2.17. The molecule has 0 heterocycles. The van der Waals surface area contributed by atoms with Crippen molar-refractivity contribution in [1.29, 1.82) is 0 Å². The van der Waals surface area contributed by atoms with Gasteiger partial charge in [-0.05, 0) is 12.1 Å². The Bertz CT molecular complexity index is 700. The van der Waals surface area contributed by atoms with Gasteiger partial charge in [-0.3, -0.25) is 4.79 Å². The zero-order valence-electron chi connectivity index (χ0n) is 12.4. The van der Waals surface area contributed by atoms with Crippen molar-refractivity contribution in [2.75, 3.05) is 14.2 Å². The van der Waals surface area contributed by atoms with Crippen LogP contribution in [0.5, 0.6) is 11.5 Å². The van der Waals surface area contributed by atoms with E-state index in [9.17, 15) is 18.0 Å². The summed E-state index contributed by atoms with van der Waals surface area (Å²) in [7, 11) is 1.12. The molecule has 0 aliphatic rings. The molecule has 0 radical (unpaired) electrons. The van der Waals surface area contributed by atoms with Gasteiger partial charge in [0, 0.05) is 19.4 Å². The van der Waals surface area contributed by atoms with Crippen LogP contribution in [-0.2, 0) is 0 Å². The SMILES string of the molecule is COc1ccc(PC(F)(F)F)c(OC)c1C(=O)c1ccccc1. The summed E-state index contributed by atoms with van der Waals surface area (Å²) in [6, 6.07) is 10.9. The molecule has 122 valence electrons. The first-order valence-corrected chi connectivity index (χ1v) is 7.57. The van der Waals surface area contributed by atoms with Gasteiger partial charge in [-0.1, -0.05) is 30.3 Å². The number of ketones is 1. The third-order valence-electron chi connectivity index (χ3n) is 3.08. The summed E-state index contributed by atoms with van der Waals surface area (Å²) in [5, 5.41) is -0.0833. The van der Waals surface area contributed by atoms with Crippen LogP contribution < -0.4 is 14.8 Å². The van der Waals surface area contributed by atoms with E-state index in [-0.39, 0.29) is 22.4 Å². The van der Waals surface area contributed by atoms with Crippen LogP contribution in [0.2, 0.25) is 0 Å². The third kappa shape index (κ3) is 4.02. The lowest BCUT2D eigenvalue weighted by Crippen LogP contribution is -2.15. The Labute approximate surface area is 133 Å². The summed E-state index contributed by atoms with van der Waals surface area (Å²) in [4.78, 5) is 12.7. The number of benzene rings is 2. The molecule has 23 heavy (non-hydrogen) atoms. The molecule has 3 nitrogen and oxygen atoms in total. The van der Waals surface area contributed by atoms with Gasteiger partial charge < -0.3 is 9.47 Å². The van der Waals surface area contributed by atoms with Gasteiger partial charge in [-0.25, -0.2) is 0 Å². The molecule has 1 atom stereocenters. The molecule has 0 amide bonds. The number of alkyl halides is 3. The molecule has 7 heteroatoms. The summed E-state index contributed by atoms with van der Waals surface area (Å²) in [5.74, 6) is -4.76. The van der Waals surface area contributed by atoms with Gasteiger partial charge >= 0.3 is 5.92 Å². The van der Waals surface area contributed by atoms with Crippen LogP contribution >= 0.6 is 8.58 Å². The standard InChI is InChI=1S/C16H14F3O3P/c1-21-11-8-9-12(23-16(17,18)19)15(22-2)13(11)14(20)10-6-4-3-5-7-10/h3-9,23H,1-2H3. The summed E-state index contributed by atoms with van der Waals surface area (Å²) in [6.45, 7) is 0. The van der Waals surface area contributed by atoms with E-state index in [1.807, 2.05) is 0 Å². The Balaban J connectivity index is 2.60. The molecule has 0 fully saturated rings. The minimum atomic E-state index is -4.38. The van der Waals surface area contributed by atoms with Crippen LogP contribution in [0.1, 0.15) is 15.9 Å². The van der Waals surface area contributed by atoms with Gasteiger partial charge in [0.25, 0.3) is 0 Å². The van der Waals surface area contributed by atoms with Crippen molar-refractivity contribution in [2.24, 2.45) is 0 Å². The maximum absolute atomic E-state index is 12.7. The second kappa shape index (κ2) is 7.01. The fourth-order valence-electron chi connectivity index (χ4n) is 2.15. The van der Waals surface area contributed by atoms with Gasteiger partial charge in [0.05, 0.1) is 14.2 Å². The third-order valence-corrected chi connectivity index (χ3v) is 4.03. The molecule has 0 saturated carbocycles. The molecule has 0 aliphatic heterocycles. The highest BCUT2D eigenvalue weighted by atomic mass is 31.1. The maximum atomic E-state index is 12.7. The Hall–Kier alpha value is -2.07.